The molecule has 3 aliphatic rings. The highest BCUT2D eigenvalue weighted by Crippen LogP contribution is 2.45. The van der Waals surface area contributed by atoms with Gasteiger partial charge in [-0.25, -0.2) is 24.8 Å². The molecule has 14 nitrogen and oxygen atoms in total. The number of hydrazine groups is 1. The molecule has 3 N–H and O–H groups in total. The van der Waals surface area contributed by atoms with Crippen molar-refractivity contribution in [2.45, 2.75) is 82.6 Å². The van der Waals surface area contributed by atoms with Crippen LogP contribution in [0.25, 0.3) is 23.1 Å². The number of hydrogen-bond donors (Lipinski definition) is 3. The molecule has 276 valence electrons. The molecule has 0 bridgehead atoms. The predicted molar refractivity (Wildman–Crippen MR) is 195 cm³/mol. The summed E-state index contributed by atoms with van der Waals surface area (Å²) in [6.07, 6.45) is 9.07. The highest BCUT2D eigenvalue weighted by Gasteiger charge is 2.61. The summed E-state index contributed by atoms with van der Waals surface area (Å²) in [5, 5.41) is 25.6. The Kier molecular flexibility index (Phi) is 10.7. The van der Waals surface area contributed by atoms with Crippen molar-refractivity contribution in [3.63, 3.8) is 0 Å². The Balaban J connectivity index is 1.35. The van der Waals surface area contributed by atoms with Gasteiger partial charge in [-0.2, -0.15) is 0 Å². The third-order valence-corrected chi connectivity index (χ3v) is 10.0. The molecule has 2 fully saturated rings. The molecule has 4 heterocycles. The second kappa shape index (κ2) is 15.2. The van der Waals surface area contributed by atoms with Gasteiger partial charge in [-0.15, -0.1) is 21.5 Å². The van der Waals surface area contributed by atoms with Gasteiger partial charge >= 0.3 is 18.1 Å². The summed E-state index contributed by atoms with van der Waals surface area (Å²) in [6.45, 7) is 5.27. The summed E-state index contributed by atoms with van der Waals surface area (Å²) in [7, 11) is 1.56. The lowest BCUT2D eigenvalue weighted by Gasteiger charge is -2.32. The third-order valence-electron chi connectivity index (χ3n) is 9.21. The number of methoxy groups -OCH3 is 1. The van der Waals surface area contributed by atoms with Gasteiger partial charge in [0.1, 0.15) is 34.7 Å². The number of aliphatic carboxylic acids is 1. The zero-order valence-electron chi connectivity index (χ0n) is 29.7. The average Bonchev–Trinajstić information content (AvgIpc) is 3.39. The summed E-state index contributed by atoms with van der Waals surface area (Å²) < 4.78 is 17.6. The Hall–Kier alpha value is -5.18. The highest BCUT2D eigenvalue weighted by atomic mass is 32.1. The van der Waals surface area contributed by atoms with Crippen molar-refractivity contribution in [3.05, 3.63) is 58.4 Å². The average molecular weight is 733 g/mol. The maximum atomic E-state index is 14.4. The van der Waals surface area contributed by atoms with Crippen LogP contribution in [0.5, 0.6) is 11.5 Å². The number of amides is 4. The molecule has 6 rings (SSSR count). The first-order valence-corrected chi connectivity index (χ1v) is 18.3. The fourth-order valence-corrected chi connectivity index (χ4v) is 7.11. The number of carboxylic acid groups (broad SMARTS) is 1. The summed E-state index contributed by atoms with van der Waals surface area (Å²) >= 11 is 1.56. The standard InChI is InChI=1S/C37H44N6O8S/c1-36(2,3)51-34(47)41-43-17-9-7-5-6-8-11-23-21-37(23,33(45)46)38-32(44)30-20-25(22-42(30)35(43)48)50-31-27-19-24(49-4)13-15-28(27)39-40-29(31)16-14-26-12-10-18-52-26/h8,10-16,18-19,23,25,30H,5-7,9,17,20-22H2,1-4H3,(H,38,44)(H,41,47)(H,45,46)/b11-8-,16-14-. The van der Waals surface area contributed by atoms with Gasteiger partial charge in [-0.05, 0) is 88.3 Å². The largest absolute Gasteiger partial charge is 0.497 e. The normalized spacial score (nSPS) is 24.7. The lowest BCUT2D eigenvalue weighted by atomic mass is 10.1. The molecule has 1 aromatic carbocycles. The van der Waals surface area contributed by atoms with Gasteiger partial charge in [0.15, 0.2) is 5.75 Å². The molecule has 2 aliphatic heterocycles. The molecule has 4 unspecified atom stereocenters. The van der Waals surface area contributed by atoms with E-state index < -0.39 is 47.3 Å². The quantitative estimate of drug-likeness (QED) is 0.258. The van der Waals surface area contributed by atoms with Gasteiger partial charge in [-0.1, -0.05) is 24.6 Å². The van der Waals surface area contributed by atoms with Crippen LogP contribution in [0.4, 0.5) is 9.59 Å². The molecular weight excluding hydrogens is 689 g/mol. The van der Waals surface area contributed by atoms with Crippen molar-refractivity contribution in [1.29, 1.82) is 0 Å². The number of aromatic nitrogens is 2. The SMILES string of the molecule is COc1ccc2nnc(/C=C\c3cccs3)c(OC3CC4C(=O)NC5(C(=O)O)CC5/C=C\CCCCCN(NC(=O)OC(C)(C)C)C(=O)N4C3)c2c1. The molecule has 15 heteroatoms. The van der Waals surface area contributed by atoms with E-state index >= 15 is 0 Å². The fourth-order valence-electron chi connectivity index (χ4n) is 6.49. The minimum absolute atomic E-state index is 0.0376. The summed E-state index contributed by atoms with van der Waals surface area (Å²) in [5.74, 6) is -1.17. The number of hydrogen-bond acceptors (Lipinski definition) is 10. The van der Waals surface area contributed by atoms with Crippen LogP contribution < -0.4 is 20.2 Å². The first kappa shape index (κ1) is 36.6. The number of fused-ring (bicyclic) bond motifs is 3. The van der Waals surface area contributed by atoms with Crippen LogP contribution in [-0.4, -0.2) is 92.7 Å². The Morgan fingerprint density at radius 3 is 2.69 bits per heavy atom. The number of urea groups is 1. The van der Waals surface area contributed by atoms with Crippen molar-refractivity contribution in [2.24, 2.45) is 5.92 Å². The molecular formula is C37H44N6O8S. The van der Waals surface area contributed by atoms with Gasteiger partial charge < -0.3 is 29.5 Å². The maximum Gasteiger partial charge on any atom is 0.426 e. The smallest absolute Gasteiger partial charge is 0.426 e. The van der Waals surface area contributed by atoms with Crippen molar-refractivity contribution in [1.82, 2.24) is 30.8 Å². The van der Waals surface area contributed by atoms with Gasteiger partial charge in [0.05, 0.1) is 24.6 Å². The summed E-state index contributed by atoms with van der Waals surface area (Å²) in [6, 6.07) is 7.47. The van der Waals surface area contributed by atoms with E-state index in [0.717, 1.165) is 24.1 Å². The van der Waals surface area contributed by atoms with E-state index in [2.05, 4.69) is 20.9 Å². The van der Waals surface area contributed by atoms with Gasteiger partial charge in [-0.3, -0.25) is 4.79 Å². The highest BCUT2D eigenvalue weighted by molar-refractivity contribution is 7.10. The first-order chi connectivity index (χ1) is 24.9. The fraction of sp³-hybridized carbons (Fsp3) is 0.459. The number of ether oxygens (including phenoxy) is 3. The molecule has 4 atom stereocenters. The molecule has 2 aromatic heterocycles. The van der Waals surface area contributed by atoms with Crippen molar-refractivity contribution < 1.29 is 38.5 Å². The molecule has 3 aromatic rings. The summed E-state index contributed by atoms with van der Waals surface area (Å²) in [5.41, 5.74) is 1.28. The zero-order chi connectivity index (χ0) is 37.0. The molecule has 0 spiro atoms. The van der Waals surface area contributed by atoms with Crippen LogP contribution in [0, 0.1) is 5.92 Å². The van der Waals surface area contributed by atoms with Crippen LogP contribution in [-0.2, 0) is 14.3 Å². The van der Waals surface area contributed by atoms with Crippen molar-refractivity contribution >= 4 is 58.4 Å². The molecule has 1 saturated carbocycles. The van der Waals surface area contributed by atoms with E-state index in [9.17, 15) is 24.3 Å². The van der Waals surface area contributed by atoms with Crippen LogP contribution in [0.15, 0.2) is 47.9 Å². The molecule has 1 saturated heterocycles. The predicted octanol–water partition coefficient (Wildman–Crippen LogP) is 5.64. The van der Waals surface area contributed by atoms with E-state index in [4.69, 9.17) is 14.2 Å². The van der Waals surface area contributed by atoms with Crippen molar-refractivity contribution in [2.75, 3.05) is 20.2 Å². The third kappa shape index (κ3) is 8.30. The number of benzene rings is 1. The first-order valence-electron chi connectivity index (χ1n) is 17.4. The molecule has 52 heavy (non-hydrogen) atoms. The van der Waals surface area contributed by atoms with Crippen LogP contribution in [0.2, 0.25) is 0 Å². The minimum Gasteiger partial charge on any atom is -0.497 e. The molecule has 4 amide bonds. The number of nitrogens with zero attached hydrogens (tertiary/aromatic N) is 4. The monoisotopic (exact) mass is 732 g/mol. The molecule has 0 radical (unpaired) electrons. The van der Waals surface area contributed by atoms with Crippen molar-refractivity contribution in [3.8, 4) is 11.5 Å². The topological polar surface area (TPSA) is 173 Å². The Labute approximate surface area is 305 Å². The zero-order valence-corrected chi connectivity index (χ0v) is 30.5. The number of allylic oxidation sites excluding steroid dienone is 1. The van der Waals surface area contributed by atoms with E-state index in [0.29, 0.717) is 34.5 Å². The van der Waals surface area contributed by atoms with Gasteiger partial charge in [0, 0.05) is 23.8 Å². The summed E-state index contributed by atoms with van der Waals surface area (Å²) in [4.78, 5) is 56.3. The maximum absolute atomic E-state index is 14.4. The van der Waals surface area contributed by atoms with Crippen LogP contribution >= 0.6 is 11.3 Å². The number of carbonyl (C=O) groups is 4. The second-order valence-electron chi connectivity index (χ2n) is 14.2. The lowest BCUT2D eigenvalue weighted by Crippen LogP contribution is -2.58. The van der Waals surface area contributed by atoms with Gasteiger partial charge in [0.25, 0.3) is 0 Å². The number of thiophene rings is 1. The number of nitrogens with one attached hydrogen (secondary N) is 2. The Morgan fingerprint density at radius 2 is 1.96 bits per heavy atom. The van der Waals surface area contributed by atoms with E-state index in [1.54, 1.807) is 63.5 Å². The van der Waals surface area contributed by atoms with E-state index in [-0.39, 0.29) is 31.8 Å². The number of carbonyl (C=O) groups excluding carboxylic acids is 3. The number of carboxylic acids is 1. The second-order valence-corrected chi connectivity index (χ2v) is 15.2. The Bertz CT molecular complexity index is 1880. The Morgan fingerprint density at radius 1 is 1.13 bits per heavy atom. The van der Waals surface area contributed by atoms with E-state index in [1.165, 1.54) is 9.91 Å². The number of rotatable bonds is 7. The molecule has 1 aliphatic carbocycles. The minimum atomic E-state index is -1.47. The van der Waals surface area contributed by atoms with Gasteiger partial charge in [0.2, 0.25) is 5.91 Å². The lowest BCUT2D eigenvalue weighted by molar-refractivity contribution is -0.144. The van der Waals surface area contributed by atoms with Crippen LogP contribution in [0.3, 0.4) is 0 Å². The van der Waals surface area contributed by atoms with Crippen LogP contribution in [0.1, 0.15) is 69.9 Å². The van der Waals surface area contributed by atoms with E-state index in [1.807, 2.05) is 35.7 Å².